The molecule has 3 nitrogen and oxygen atoms in total. The molecule has 118 valence electrons. The minimum absolute atomic E-state index is 0.852. The average molecular weight is 282 g/mol. The summed E-state index contributed by atoms with van der Waals surface area (Å²) in [6.45, 7) is 8.75. The Morgan fingerprint density at radius 3 is 2.80 bits per heavy atom. The maximum absolute atomic E-state index is 5.36. The van der Waals surface area contributed by atoms with Crippen LogP contribution in [0, 0.1) is 5.92 Å². The summed E-state index contributed by atoms with van der Waals surface area (Å²) in [7, 11) is 0. The highest BCUT2D eigenvalue weighted by atomic mass is 16.5. The van der Waals surface area contributed by atoms with Crippen LogP contribution in [0.1, 0.15) is 58.3 Å². The minimum Gasteiger partial charge on any atom is -0.382 e. The van der Waals surface area contributed by atoms with Gasteiger partial charge in [-0.2, -0.15) is 0 Å². The first-order chi connectivity index (χ1) is 9.92. The molecule has 0 aromatic carbocycles. The van der Waals surface area contributed by atoms with Crippen LogP contribution in [-0.2, 0) is 4.74 Å². The van der Waals surface area contributed by atoms with Crippen LogP contribution in [0.4, 0.5) is 0 Å². The van der Waals surface area contributed by atoms with E-state index in [1.807, 2.05) is 0 Å². The number of piperidine rings is 1. The number of unbranched alkanes of at least 4 members (excludes halogenated alkanes) is 1. The molecule has 0 amide bonds. The smallest absolute Gasteiger partial charge is 0.0466 e. The van der Waals surface area contributed by atoms with Crippen molar-refractivity contribution in [3.8, 4) is 0 Å². The molecule has 1 aliphatic carbocycles. The second-order valence-corrected chi connectivity index (χ2v) is 6.44. The molecule has 0 bridgehead atoms. The van der Waals surface area contributed by atoms with E-state index in [1.54, 1.807) is 0 Å². The van der Waals surface area contributed by atoms with Crippen LogP contribution < -0.4 is 5.32 Å². The molecule has 0 aromatic heterocycles. The molecule has 1 heterocycles. The van der Waals surface area contributed by atoms with Crippen LogP contribution in [0.25, 0.3) is 0 Å². The Hall–Kier alpha value is -0.120. The van der Waals surface area contributed by atoms with Crippen molar-refractivity contribution in [1.82, 2.24) is 10.2 Å². The molecule has 1 saturated heterocycles. The van der Waals surface area contributed by atoms with Gasteiger partial charge < -0.3 is 10.1 Å². The molecule has 0 radical (unpaired) electrons. The predicted octanol–water partition coefficient (Wildman–Crippen LogP) is 3.05. The molecule has 2 atom stereocenters. The van der Waals surface area contributed by atoms with Crippen molar-refractivity contribution in [3.05, 3.63) is 0 Å². The number of ether oxygens (including phenoxy) is 1. The number of likely N-dealkylation sites (tertiary alicyclic amines) is 1. The van der Waals surface area contributed by atoms with Crippen molar-refractivity contribution < 1.29 is 4.74 Å². The zero-order chi connectivity index (χ0) is 14.0. The van der Waals surface area contributed by atoms with Gasteiger partial charge in [0.05, 0.1) is 0 Å². The molecule has 1 saturated carbocycles. The van der Waals surface area contributed by atoms with Crippen molar-refractivity contribution >= 4 is 0 Å². The summed E-state index contributed by atoms with van der Waals surface area (Å²) < 4.78 is 5.36. The Kier molecular flexibility index (Phi) is 7.92. The summed E-state index contributed by atoms with van der Waals surface area (Å²) in [6, 6.07) is 0.914. The number of hydrogen-bond acceptors (Lipinski definition) is 3. The monoisotopic (exact) mass is 282 g/mol. The molecular weight excluding hydrogens is 248 g/mol. The van der Waals surface area contributed by atoms with Crippen molar-refractivity contribution in [3.63, 3.8) is 0 Å². The second-order valence-electron chi connectivity index (χ2n) is 6.44. The van der Waals surface area contributed by atoms with E-state index in [0.717, 1.165) is 38.3 Å². The summed E-state index contributed by atoms with van der Waals surface area (Å²) in [6.07, 6.45) is 11.2. The first-order valence-electron chi connectivity index (χ1n) is 8.94. The molecule has 2 unspecified atom stereocenters. The van der Waals surface area contributed by atoms with Gasteiger partial charge in [-0.05, 0) is 64.5 Å². The zero-order valence-electron chi connectivity index (χ0n) is 13.4. The van der Waals surface area contributed by atoms with Crippen LogP contribution in [-0.4, -0.2) is 50.3 Å². The van der Waals surface area contributed by atoms with E-state index in [9.17, 15) is 0 Å². The van der Waals surface area contributed by atoms with Crippen LogP contribution in [0.5, 0.6) is 0 Å². The lowest BCUT2D eigenvalue weighted by Gasteiger charge is -2.44. The molecule has 2 fully saturated rings. The summed E-state index contributed by atoms with van der Waals surface area (Å²) >= 11 is 0. The Morgan fingerprint density at radius 1 is 1.05 bits per heavy atom. The van der Waals surface area contributed by atoms with E-state index in [4.69, 9.17) is 4.74 Å². The SMILES string of the molecule is CCOCCCCNCCN1CCCC2CCCCC21. The molecule has 2 rings (SSSR count). The zero-order valence-corrected chi connectivity index (χ0v) is 13.4. The molecule has 1 N–H and O–H groups in total. The van der Waals surface area contributed by atoms with Crippen molar-refractivity contribution in [2.45, 2.75) is 64.3 Å². The fourth-order valence-corrected chi connectivity index (χ4v) is 3.95. The van der Waals surface area contributed by atoms with E-state index in [-0.39, 0.29) is 0 Å². The molecule has 2 aliphatic rings. The predicted molar refractivity (Wildman–Crippen MR) is 85.1 cm³/mol. The Balaban J connectivity index is 1.52. The summed E-state index contributed by atoms with van der Waals surface area (Å²) in [5, 5.41) is 3.61. The number of nitrogens with one attached hydrogen (secondary N) is 1. The highest BCUT2D eigenvalue weighted by Gasteiger charge is 2.32. The minimum atomic E-state index is 0.852. The normalized spacial score (nSPS) is 27.4. The topological polar surface area (TPSA) is 24.5 Å². The molecule has 0 spiro atoms. The molecule has 20 heavy (non-hydrogen) atoms. The van der Waals surface area contributed by atoms with Gasteiger partial charge in [-0.15, -0.1) is 0 Å². The third kappa shape index (κ3) is 5.34. The van der Waals surface area contributed by atoms with Crippen molar-refractivity contribution in [1.29, 1.82) is 0 Å². The molecule has 1 aliphatic heterocycles. The maximum Gasteiger partial charge on any atom is 0.0466 e. The van der Waals surface area contributed by atoms with Gasteiger partial charge in [0.15, 0.2) is 0 Å². The fourth-order valence-electron chi connectivity index (χ4n) is 3.95. The van der Waals surface area contributed by atoms with Crippen LogP contribution in [0.2, 0.25) is 0 Å². The Labute approximate surface area is 125 Å². The quantitative estimate of drug-likeness (QED) is 0.658. The van der Waals surface area contributed by atoms with E-state index >= 15 is 0 Å². The van der Waals surface area contributed by atoms with Gasteiger partial charge >= 0.3 is 0 Å². The number of nitrogens with zero attached hydrogens (tertiary/aromatic N) is 1. The first-order valence-corrected chi connectivity index (χ1v) is 8.94. The van der Waals surface area contributed by atoms with Gasteiger partial charge in [0.1, 0.15) is 0 Å². The van der Waals surface area contributed by atoms with Gasteiger partial charge in [-0.1, -0.05) is 12.8 Å². The Morgan fingerprint density at radius 2 is 1.90 bits per heavy atom. The lowest BCUT2D eigenvalue weighted by molar-refractivity contribution is 0.0618. The number of fused-ring (bicyclic) bond motifs is 1. The summed E-state index contributed by atoms with van der Waals surface area (Å²) in [4.78, 5) is 2.78. The first kappa shape index (κ1) is 16.3. The van der Waals surface area contributed by atoms with Gasteiger partial charge in [-0.25, -0.2) is 0 Å². The summed E-state index contributed by atoms with van der Waals surface area (Å²) in [5.41, 5.74) is 0. The number of hydrogen-bond donors (Lipinski definition) is 1. The van der Waals surface area contributed by atoms with E-state index in [0.29, 0.717) is 0 Å². The lowest BCUT2D eigenvalue weighted by Crippen LogP contribution is -2.48. The largest absolute Gasteiger partial charge is 0.382 e. The van der Waals surface area contributed by atoms with Crippen LogP contribution >= 0.6 is 0 Å². The van der Waals surface area contributed by atoms with Crippen molar-refractivity contribution in [2.24, 2.45) is 5.92 Å². The van der Waals surface area contributed by atoms with Gasteiger partial charge in [0.2, 0.25) is 0 Å². The fraction of sp³-hybridized carbons (Fsp3) is 1.00. The van der Waals surface area contributed by atoms with E-state index in [2.05, 4.69) is 17.1 Å². The highest BCUT2D eigenvalue weighted by molar-refractivity contribution is 4.87. The second kappa shape index (κ2) is 9.75. The Bertz CT molecular complexity index is 245. The average Bonchev–Trinajstić information content (AvgIpc) is 2.50. The van der Waals surface area contributed by atoms with Crippen LogP contribution in [0.3, 0.4) is 0 Å². The third-order valence-electron chi connectivity index (χ3n) is 5.03. The van der Waals surface area contributed by atoms with E-state index < -0.39 is 0 Å². The standard InChI is InChI=1S/C17H34N2O/c1-2-20-15-6-5-11-18-12-14-19-13-7-9-16-8-3-4-10-17(16)19/h16-18H,2-15H2,1H3. The van der Waals surface area contributed by atoms with Crippen LogP contribution in [0.15, 0.2) is 0 Å². The van der Waals surface area contributed by atoms with Gasteiger partial charge in [0.25, 0.3) is 0 Å². The maximum atomic E-state index is 5.36. The third-order valence-corrected chi connectivity index (χ3v) is 5.03. The lowest BCUT2D eigenvalue weighted by atomic mass is 9.78. The highest BCUT2D eigenvalue weighted by Crippen LogP contribution is 2.34. The van der Waals surface area contributed by atoms with Gasteiger partial charge in [0, 0.05) is 32.3 Å². The van der Waals surface area contributed by atoms with Crippen molar-refractivity contribution in [2.75, 3.05) is 39.4 Å². The molecular formula is C17H34N2O. The van der Waals surface area contributed by atoms with E-state index in [1.165, 1.54) is 64.5 Å². The number of rotatable bonds is 9. The summed E-state index contributed by atoms with van der Waals surface area (Å²) in [5.74, 6) is 1.02. The molecule has 0 aromatic rings. The molecule has 3 heteroatoms. The van der Waals surface area contributed by atoms with Gasteiger partial charge in [-0.3, -0.25) is 4.90 Å².